The van der Waals surface area contributed by atoms with E-state index in [-0.39, 0.29) is 18.0 Å². The summed E-state index contributed by atoms with van der Waals surface area (Å²) in [4.78, 5) is 25.9. The summed E-state index contributed by atoms with van der Waals surface area (Å²) in [6.45, 7) is 0. The van der Waals surface area contributed by atoms with Crippen molar-refractivity contribution in [3.63, 3.8) is 0 Å². The fourth-order valence-electron chi connectivity index (χ4n) is 2.82. The van der Waals surface area contributed by atoms with Crippen molar-refractivity contribution in [1.29, 1.82) is 0 Å². The minimum Gasteiger partial charge on any atom is -0.319 e. The third kappa shape index (κ3) is 2.40. The second kappa shape index (κ2) is 5.40. The van der Waals surface area contributed by atoms with Gasteiger partial charge >= 0.3 is 6.03 Å². The van der Waals surface area contributed by atoms with E-state index in [1.54, 1.807) is 11.9 Å². The highest BCUT2D eigenvalue weighted by molar-refractivity contribution is 6.01. The Morgan fingerprint density at radius 1 is 0.857 bits per heavy atom. The Morgan fingerprint density at radius 2 is 1.38 bits per heavy atom. The molecule has 0 unspecified atom stereocenters. The predicted octanol–water partition coefficient (Wildman–Crippen LogP) is 2.69. The molecule has 1 aliphatic rings. The van der Waals surface area contributed by atoms with Gasteiger partial charge in [-0.25, -0.2) is 4.79 Å². The van der Waals surface area contributed by atoms with Crippen molar-refractivity contribution in [2.24, 2.45) is 0 Å². The van der Waals surface area contributed by atoms with Gasteiger partial charge < -0.3 is 4.90 Å². The monoisotopic (exact) mass is 280 g/mol. The molecule has 4 nitrogen and oxygen atoms in total. The molecule has 21 heavy (non-hydrogen) atoms. The van der Waals surface area contributed by atoms with Crippen molar-refractivity contribution in [3.05, 3.63) is 71.8 Å². The smallest absolute Gasteiger partial charge is 0.319 e. The molecule has 0 bridgehead atoms. The zero-order valence-electron chi connectivity index (χ0n) is 11.7. The number of imide groups is 1. The zero-order chi connectivity index (χ0) is 14.8. The molecule has 1 saturated heterocycles. The molecule has 3 rings (SSSR count). The standard InChI is InChI=1S/C17H16N2O2/c1-19-15(13-10-6-3-7-11-13)14(16(20)18-17(19)21)12-8-4-2-5-9-12/h2-11,14-15H,1H3,(H,18,20,21)/t14-,15-/m0/s1. The number of rotatable bonds is 2. The Hall–Kier alpha value is -2.62. The number of urea groups is 1. The second-order valence-corrected chi connectivity index (χ2v) is 5.15. The first-order valence-corrected chi connectivity index (χ1v) is 6.86. The first-order chi connectivity index (χ1) is 10.2. The van der Waals surface area contributed by atoms with Crippen molar-refractivity contribution in [2.75, 3.05) is 7.05 Å². The molecule has 0 saturated carbocycles. The lowest BCUT2D eigenvalue weighted by molar-refractivity contribution is -0.124. The molecule has 0 radical (unpaired) electrons. The maximum Gasteiger partial charge on any atom is 0.324 e. The lowest BCUT2D eigenvalue weighted by Crippen LogP contribution is -2.53. The Morgan fingerprint density at radius 3 is 1.95 bits per heavy atom. The maximum absolute atomic E-state index is 12.4. The van der Waals surface area contributed by atoms with Crippen LogP contribution in [0.2, 0.25) is 0 Å². The third-order valence-corrected chi connectivity index (χ3v) is 3.87. The molecule has 2 atom stereocenters. The minimum absolute atomic E-state index is 0.252. The Bertz CT molecular complexity index is 655. The molecular formula is C17H16N2O2. The molecule has 1 N–H and O–H groups in total. The van der Waals surface area contributed by atoms with Crippen molar-refractivity contribution in [3.8, 4) is 0 Å². The van der Waals surface area contributed by atoms with Crippen molar-refractivity contribution >= 4 is 11.9 Å². The van der Waals surface area contributed by atoms with E-state index >= 15 is 0 Å². The molecule has 0 aliphatic carbocycles. The van der Waals surface area contributed by atoms with Crippen LogP contribution in [0.5, 0.6) is 0 Å². The van der Waals surface area contributed by atoms with Crippen LogP contribution in [0.15, 0.2) is 60.7 Å². The van der Waals surface area contributed by atoms with Crippen LogP contribution in [0, 0.1) is 0 Å². The van der Waals surface area contributed by atoms with Gasteiger partial charge in [-0.2, -0.15) is 0 Å². The van der Waals surface area contributed by atoms with Gasteiger partial charge in [0.2, 0.25) is 5.91 Å². The van der Waals surface area contributed by atoms with Crippen LogP contribution >= 0.6 is 0 Å². The molecule has 0 spiro atoms. The van der Waals surface area contributed by atoms with Gasteiger partial charge in [-0.1, -0.05) is 60.7 Å². The summed E-state index contributed by atoms with van der Waals surface area (Å²) in [5, 5.41) is 2.43. The van der Waals surface area contributed by atoms with E-state index in [0.29, 0.717) is 0 Å². The van der Waals surface area contributed by atoms with Crippen LogP contribution < -0.4 is 5.32 Å². The van der Waals surface area contributed by atoms with E-state index < -0.39 is 5.92 Å². The summed E-state index contributed by atoms with van der Waals surface area (Å²) < 4.78 is 0. The quantitative estimate of drug-likeness (QED) is 0.919. The normalized spacial score (nSPS) is 22.0. The zero-order valence-corrected chi connectivity index (χ0v) is 11.7. The lowest BCUT2D eigenvalue weighted by atomic mass is 9.84. The molecule has 1 fully saturated rings. The Kier molecular flexibility index (Phi) is 3.44. The number of benzene rings is 2. The molecule has 2 aromatic carbocycles. The number of likely N-dealkylation sites (N-methyl/N-ethyl adjacent to an activating group) is 1. The fourth-order valence-corrected chi connectivity index (χ4v) is 2.82. The Labute approximate surface area is 123 Å². The number of carbonyl (C=O) groups is 2. The van der Waals surface area contributed by atoms with Gasteiger partial charge in [0.15, 0.2) is 0 Å². The van der Waals surface area contributed by atoms with Gasteiger partial charge in [-0.3, -0.25) is 10.1 Å². The summed E-state index contributed by atoms with van der Waals surface area (Å²) in [6.07, 6.45) is 0. The number of nitrogens with zero attached hydrogens (tertiary/aromatic N) is 1. The van der Waals surface area contributed by atoms with Gasteiger partial charge in [-0.05, 0) is 11.1 Å². The second-order valence-electron chi connectivity index (χ2n) is 5.15. The first kappa shape index (κ1) is 13.4. The number of hydrogen-bond acceptors (Lipinski definition) is 2. The summed E-state index contributed by atoms with van der Waals surface area (Å²) in [6, 6.07) is 18.6. The number of nitrogens with one attached hydrogen (secondary N) is 1. The highest BCUT2D eigenvalue weighted by atomic mass is 16.2. The molecule has 106 valence electrons. The van der Waals surface area contributed by atoms with Crippen molar-refractivity contribution in [1.82, 2.24) is 10.2 Å². The van der Waals surface area contributed by atoms with Crippen LogP contribution in [0.3, 0.4) is 0 Å². The van der Waals surface area contributed by atoms with Gasteiger partial charge in [0, 0.05) is 7.05 Å². The highest BCUT2D eigenvalue weighted by Crippen LogP contribution is 2.37. The van der Waals surface area contributed by atoms with Gasteiger partial charge in [0.25, 0.3) is 0 Å². The Balaban J connectivity index is 2.09. The van der Waals surface area contributed by atoms with Gasteiger partial charge in [0.05, 0.1) is 12.0 Å². The van der Waals surface area contributed by atoms with E-state index in [0.717, 1.165) is 11.1 Å². The molecule has 4 heteroatoms. The lowest BCUT2D eigenvalue weighted by Gasteiger charge is -2.38. The average Bonchev–Trinajstić information content (AvgIpc) is 2.52. The van der Waals surface area contributed by atoms with Crippen LogP contribution in [-0.4, -0.2) is 23.9 Å². The topological polar surface area (TPSA) is 49.4 Å². The van der Waals surface area contributed by atoms with Crippen LogP contribution in [0.1, 0.15) is 23.1 Å². The molecular weight excluding hydrogens is 264 g/mol. The number of carbonyl (C=O) groups excluding carboxylic acids is 2. The summed E-state index contributed by atoms with van der Waals surface area (Å²) >= 11 is 0. The molecule has 0 aromatic heterocycles. The van der Waals surface area contributed by atoms with E-state index in [4.69, 9.17) is 0 Å². The highest BCUT2D eigenvalue weighted by Gasteiger charge is 2.41. The van der Waals surface area contributed by atoms with Crippen molar-refractivity contribution in [2.45, 2.75) is 12.0 Å². The SMILES string of the molecule is CN1C(=O)NC(=O)[C@@H](c2ccccc2)[C@@H]1c1ccccc1. The number of amides is 3. The van der Waals surface area contributed by atoms with E-state index in [1.807, 2.05) is 60.7 Å². The number of hydrogen-bond donors (Lipinski definition) is 1. The van der Waals surface area contributed by atoms with Gasteiger partial charge in [0.1, 0.15) is 0 Å². The third-order valence-electron chi connectivity index (χ3n) is 3.87. The van der Waals surface area contributed by atoms with Gasteiger partial charge in [-0.15, -0.1) is 0 Å². The molecule has 1 heterocycles. The van der Waals surface area contributed by atoms with Crippen LogP contribution in [0.25, 0.3) is 0 Å². The summed E-state index contributed by atoms with van der Waals surface area (Å²) in [5.41, 5.74) is 1.86. The van der Waals surface area contributed by atoms with E-state index in [2.05, 4.69) is 5.32 Å². The molecule has 3 amide bonds. The molecule has 1 aliphatic heterocycles. The fraction of sp³-hybridized carbons (Fsp3) is 0.176. The predicted molar refractivity (Wildman–Crippen MR) is 79.7 cm³/mol. The van der Waals surface area contributed by atoms with Crippen LogP contribution in [-0.2, 0) is 4.79 Å². The van der Waals surface area contributed by atoms with Crippen molar-refractivity contribution < 1.29 is 9.59 Å². The maximum atomic E-state index is 12.4. The minimum atomic E-state index is -0.406. The van der Waals surface area contributed by atoms with E-state index in [1.165, 1.54) is 0 Å². The molecule has 2 aromatic rings. The van der Waals surface area contributed by atoms with Crippen LogP contribution in [0.4, 0.5) is 4.79 Å². The summed E-state index contributed by atoms with van der Waals surface area (Å²) in [5.74, 6) is -0.658. The summed E-state index contributed by atoms with van der Waals surface area (Å²) in [7, 11) is 1.72. The van der Waals surface area contributed by atoms with E-state index in [9.17, 15) is 9.59 Å². The largest absolute Gasteiger partial charge is 0.324 e. The average molecular weight is 280 g/mol. The first-order valence-electron chi connectivity index (χ1n) is 6.86.